The highest BCUT2D eigenvalue weighted by molar-refractivity contribution is 5.97. The number of nitro benzene ring substituents is 1. The number of nitrogens with one attached hydrogen (secondary N) is 1. The molecule has 1 N–H and O–H groups in total. The molecule has 0 aromatic heterocycles. The van der Waals surface area contributed by atoms with E-state index in [9.17, 15) is 24.1 Å². The predicted molar refractivity (Wildman–Crippen MR) is 128 cm³/mol. The molecule has 2 aromatic rings. The van der Waals surface area contributed by atoms with Gasteiger partial charge in [0.25, 0.3) is 11.6 Å². The molecule has 1 aliphatic rings. The van der Waals surface area contributed by atoms with E-state index in [1.54, 1.807) is 4.90 Å². The summed E-state index contributed by atoms with van der Waals surface area (Å²) >= 11 is 0. The van der Waals surface area contributed by atoms with Crippen LogP contribution in [-0.4, -0.2) is 47.9 Å². The Morgan fingerprint density at radius 3 is 2.34 bits per heavy atom. The minimum absolute atomic E-state index is 0.0111. The molecule has 10 heteroatoms. The first kappa shape index (κ1) is 25.9. The number of hydrogen-bond donors (Lipinski definition) is 1. The number of nitro groups is 1. The summed E-state index contributed by atoms with van der Waals surface area (Å²) in [6, 6.07) is 7.93. The summed E-state index contributed by atoms with van der Waals surface area (Å²) in [7, 11) is 0. The highest BCUT2D eigenvalue weighted by atomic mass is 19.1. The smallest absolute Gasteiger partial charge is 0.296 e. The number of carbonyl (C=O) groups excluding carboxylic acids is 2. The van der Waals surface area contributed by atoms with Crippen LogP contribution in [0.25, 0.3) is 0 Å². The fraction of sp³-hybridized carbons (Fsp3) is 0.440. The van der Waals surface area contributed by atoms with Gasteiger partial charge in [0.05, 0.1) is 30.1 Å². The van der Waals surface area contributed by atoms with Crippen LogP contribution in [0.4, 0.5) is 15.8 Å². The maximum absolute atomic E-state index is 13.2. The number of amides is 2. The Morgan fingerprint density at radius 2 is 1.74 bits per heavy atom. The van der Waals surface area contributed by atoms with Gasteiger partial charge in [-0.1, -0.05) is 13.8 Å². The number of likely N-dealkylation sites (tertiary alicyclic amines) is 1. The Hall–Kier alpha value is -3.69. The lowest BCUT2D eigenvalue weighted by molar-refractivity contribution is -0.384. The normalized spacial score (nSPS) is 15.4. The molecule has 1 saturated heterocycles. The molecule has 1 fully saturated rings. The van der Waals surface area contributed by atoms with Crippen molar-refractivity contribution in [3.63, 3.8) is 0 Å². The van der Waals surface area contributed by atoms with Gasteiger partial charge in [0, 0.05) is 24.7 Å². The van der Waals surface area contributed by atoms with Crippen molar-refractivity contribution in [1.29, 1.82) is 0 Å². The fourth-order valence-corrected chi connectivity index (χ4v) is 3.84. The number of halogens is 1. The van der Waals surface area contributed by atoms with Crippen molar-refractivity contribution in [1.82, 2.24) is 4.90 Å². The van der Waals surface area contributed by atoms with Gasteiger partial charge in [-0.2, -0.15) is 0 Å². The molecular formula is C25H30FN3O6. The second-order valence-electron chi connectivity index (χ2n) is 8.36. The molecule has 9 nitrogen and oxygen atoms in total. The predicted octanol–water partition coefficient (Wildman–Crippen LogP) is 4.80. The molecule has 3 rings (SSSR count). The van der Waals surface area contributed by atoms with Crippen molar-refractivity contribution in [2.24, 2.45) is 5.92 Å². The molecule has 0 spiro atoms. The molecule has 2 aromatic carbocycles. The summed E-state index contributed by atoms with van der Waals surface area (Å²) < 4.78 is 24.5. The van der Waals surface area contributed by atoms with Crippen LogP contribution in [0.5, 0.6) is 11.5 Å². The Bertz CT molecular complexity index is 1060. The van der Waals surface area contributed by atoms with E-state index in [4.69, 9.17) is 9.47 Å². The zero-order valence-electron chi connectivity index (χ0n) is 19.9. The first-order chi connectivity index (χ1) is 16.8. The number of ether oxygens (including phenoxy) is 2. The minimum atomic E-state index is -0.580. The molecule has 1 aliphatic heterocycles. The maximum Gasteiger partial charge on any atom is 0.296 e. The van der Waals surface area contributed by atoms with E-state index in [-0.39, 0.29) is 29.6 Å². The minimum Gasteiger partial charge on any atom is -0.490 e. The fourth-order valence-electron chi connectivity index (χ4n) is 3.84. The van der Waals surface area contributed by atoms with Crippen LogP contribution in [0, 0.1) is 21.8 Å². The molecule has 2 amide bonds. The lowest BCUT2D eigenvalue weighted by atomic mass is 9.96. The van der Waals surface area contributed by atoms with Crippen LogP contribution in [-0.2, 0) is 4.79 Å². The largest absolute Gasteiger partial charge is 0.490 e. The second-order valence-corrected chi connectivity index (χ2v) is 8.36. The Balaban J connectivity index is 1.78. The number of nitrogens with zero attached hydrogens (tertiary/aromatic N) is 2. The number of hydrogen-bond acceptors (Lipinski definition) is 6. The summed E-state index contributed by atoms with van der Waals surface area (Å²) in [5.41, 5.74) is 0.0452. The first-order valence-electron chi connectivity index (χ1n) is 11.8. The summed E-state index contributed by atoms with van der Waals surface area (Å²) in [4.78, 5) is 38.6. The van der Waals surface area contributed by atoms with Crippen molar-refractivity contribution >= 4 is 23.2 Å². The lowest BCUT2D eigenvalue weighted by Gasteiger charge is -2.32. The Labute approximate surface area is 203 Å². The van der Waals surface area contributed by atoms with Crippen LogP contribution in [0.15, 0.2) is 36.4 Å². The highest BCUT2D eigenvalue weighted by Crippen LogP contribution is 2.38. The van der Waals surface area contributed by atoms with E-state index in [1.165, 1.54) is 36.4 Å². The lowest BCUT2D eigenvalue weighted by Crippen LogP contribution is -2.43. The van der Waals surface area contributed by atoms with Crippen LogP contribution >= 0.6 is 0 Å². The van der Waals surface area contributed by atoms with Crippen molar-refractivity contribution in [3.8, 4) is 11.5 Å². The third-order valence-corrected chi connectivity index (χ3v) is 5.61. The van der Waals surface area contributed by atoms with E-state index < -0.39 is 22.6 Å². The maximum atomic E-state index is 13.2. The first-order valence-corrected chi connectivity index (χ1v) is 11.8. The SMILES string of the molecule is CCCOc1cc(NC(=O)C2CCCN(C(=O)c3ccc(F)cc3)C2)c([N+](=O)[O-])cc1OCCC. The third-order valence-electron chi connectivity index (χ3n) is 5.61. The van der Waals surface area contributed by atoms with E-state index in [1.807, 2.05) is 13.8 Å². The number of piperidine rings is 1. The molecule has 0 bridgehead atoms. The third kappa shape index (κ3) is 6.68. The van der Waals surface area contributed by atoms with Crippen LogP contribution in [0.2, 0.25) is 0 Å². The summed E-state index contributed by atoms with van der Waals surface area (Å²) in [6.45, 7) is 5.24. The highest BCUT2D eigenvalue weighted by Gasteiger charge is 2.31. The molecule has 188 valence electrons. The molecule has 0 aliphatic carbocycles. The van der Waals surface area contributed by atoms with Gasteiger partial charge in [-0.25, -0.2) is 4.39 Å². The van der Waals surface area contributed by atoms with E-state index in [0.717, 1.165) is 6.42 Å². The standard InChI is InChI=1S/C25H30FN3O6/c1-3-12-34-22-14-20(21(29(32)33)15-23(22)35-13-4-2)27-24(30)18-6-5-11-28(16-18)25(31)17-7-9-19(26)10-8-17/h7-10,14-15,18H,3-6,11-13,16H2,1-2H3,(H,27,30). The molecule has 35 heavy (non-hydrogen) atoms. The molecule has 0 saturated carbocycles. The van der Waals surface area contributed by atoms with Crippen molar-refractivity contribution in [3.05, 3.63) is 57.9 Å². The van der Waals surface area contributed by atoms with Gasteiger partial charge in [0.15, 0.2) is 11.5 Å². The number of benzene rings is 2. The van der Waals surface area contributed by atoms with Crippen molar-refractivity contribution in [2.45, 2.75) is 39.5 Å². The van der Waals surface area contributed by atoms with Gasteiger partial charge < -0.3 is 19.7 Å². The molecular weight excluding hydrogens is 457 g/mol. The number of anilines is 1. The van der Waals surface area contributed by atoms with Gasteiger partial charge in [-0.3, -0.25) is 19.7 Å². The summed E-state index contributed by atoms with van der Waals surface area (Å²) in [5.74, 6) is -1.14. The average molecular weight is 488 g/mol. The van der Waals surface area contributed by atoms with Gasteiger partial charge in [-0.05, 0) is 49.9 Å². The van der Waals surface area contributed by atoms with Crippen LogP contribution in [0.3, 0.4) is 0 Å². The van der Waals surface area contributed by atoms with Gasteiger partial charge in [-0.15, -0.1) is 0 Å². The van der Waals surface area contributed by atoms with Gasteiger partial charge in [0.2, 0.25) is 5.91 Å². The average Bonchev–Trinajstić information content (AvgIpc) is 2.86. The zero-order chi connectivity index (χ0) is 25.4. The van der Waals surface area contributed by atoms with Crippen LogP contribution in [0.1, 0.15) is 49.9 Å². The molecule has 0 radical (unpaired) electrons. The van der Waals surface area contributed by atoms with Crippen molar-refractivity contribution < 1.29 is 28.4 Å². The van der Waals surface area contributed by atoms with Gasteiger partial charge >= 0.3 is 0 Å². The Morgan fingerprint density at radius 1 is 1.11 bits per heavy atom. The second kappa shape index (κ2) is 12.1. The molecule has 1 unspecified atom stereocenters. The van der Waals surface area contributed by atoms with Crippen LogP contribution < -0.4 is 14.8 Å². The number of rotatable bonds is 10. The van der Waals surface area contributed by atoms with E-state index >= 15 is 0 Å². The Kier molecular flexibility index (Phi) is 8.99. The van der Waals surface area contributed by atoms with Gasteiger partial charge in [0.1, 0.15) is 11.5 Å². The van der Waals surface area contributed by atoms with Crippen molar-refractivity contribution in [2.75, 3.05) is 31.6 Å². The zero-order valence-corrected chi connectivity index (χ0v) is 19.9. The van der Waals surface area contributed by atoms with E-state index in [2.05, 4.69) is 5.32 Å². The molecule has 1 atom stereocenters. The summed E-state index contributed by atoms with van der Waals surface area (Å²) in [6.07, 6.45) is 2.58. The quantitative estimate of drug-likeness (QED) is 0.381. The summed E-state index contributed by atoms with van der Waals surface area (Å²) in [5, 5.41) is 14.4. The molecule has 1 heterocycles. The monoisotopic (exact) mass is 487 g/mol. The topological polar surface area (TPSA) is 111 Å². The van der Waals surface area contributed by atoms with E-state index in [0.29, 0.717) is 50.3 Å². The number of carbonyl (C=O) groups is 2.